The third-order valence-electron chi connectivity index (χ3n) is 2.29. The molecule has 2 aromatic rings. The molecule has 1 aromatic heterocycles. The molecule has 5 heteroatoms. The van der Waals surface area contributed by atoms with Gasteiger partial charge in [0.25, 0.3) is 0 Å². The summed E-state index contributed by atoms with van der Waals surface area (Å²) >= 11 is 0. The van der Waals surface area contributed by atoms with Gasteiger partial charge in [-0.3, -0.25) is 0 Å². The fourth-order valence-corrected chi connectivity index (χ4v) is 1.53. The summed E-state index contributed by atoms with van der Waals surface area (Å²) in [5.41, 5.74) is 0.968. The summed E-state index contributed by atoms with van der Waals surface area (Å²) < 4.78 is 18.5. The van der Waals surface area contributed by atoms with Gasteiger partial charge >= 0.3 is 6.09 Å². The Balaban J connectivity index is 2.16. The van der Waals surface area contributed by atoms with Crippen molar-refractivity contribution in [3.05, 3.63) is 35.8 Å². The Kier molecular flexibility index (Phi) is 2.76. The third kappa shape index (κ3) is 2.13. The Morgan fingerprint density at radius 3 is 3.06 bits per heavy atom. The number of hydrogen-bond donors (Lipinski definition) is 2. The zero-order valence-electron chi connectivity index (χ0n) is 8.37. The van der Waals surface area contributed by atoms with Gasteiger partial charge in [-0.2, -0.15) is 0 Å². The van der Waals surface area contributed by atoms with Gasteiger partial charge in [-0.25, -0.2) is 9.18 Å². The Hall–Kier alpha value is -2.04. The van der Waals surface area contributed by atoms with Crippen molar-refractivity contribution in [2.75, 3.05) is 6.54 Å². The lowest BCUT2D eigenvalue weighted by atomic mass is 10.1. The minimum atomic E-state index is -1.11. The predicted octanol–water partition coefficient (Wildman–Crippen LogP) is 2.38. The number of halogens is 1. The monoisotopic (exact) mass is 223 g/mol. The molecular formula is C11H10FNO3. The molecule has 1 aromatic carbocycles. The van der Waals surface area contributed by atoms with E-state index < -0.39 is 6.09 Å². The summed E-state index contributed by atoms with van der Waals surface area (Å²) in [5.74, 6) is -0.380. The highest BCUT2D eigenvalue weighted by molar-refractivity contribution is 5.77. The molecule has 84 valence electrons. The van der Waals surface area contributed by atoms with Gasteiger partial charge in [0.05, 0.1) is 6.26 Å². The molecule has 16 heavy (non-hydrogen) atoms. The first kappa shape index (κ1) is 10.5. The SMILES string of the molecule is O=C(O)NCCc1cc2ccoc2cc1F. The van der Waals surface area contributed by atoms with Crippen LogP contribution in [0.5, 0.6) is 0 Å². The van der Waals surface area contributed by atoms with E-state index in [1.165, 1.54) is 12.3 Å². The summed E-state index contributed by atoms with van der Waals surface area (Å²) in [4.78, 5) is 10.2. The zero-order valence-corrected chi connectivity index (χ0v) is 8.37. The van der Waals surface area contributed by atoms with E-state index in [0.717, 1.165) is 5.39 Å². The van der Waals surface area contributed by atoms with Gasteiger partial charge in [-0.05, 0) is 24.1 Å². The number of hydrogen-bond acceptors (Lipinski definition) is 2. The van der Waals surface area contributed by atoms with Crippen LogP contribution in [0.3, 0.4) is 0 Å². The Morgan fingerprint density at radius 1 is 1.50 bits per heavy atom. The van der Waals surface area contributed by atoms with Gasteiger partial charge in [0.2, 0.25) is 0 Å². The number of carboxylic acid groups (broad SMARTS) is 1. The minimum Gasteiger partial charge on any atom is -0.465 e. The van der Waals surface area contributed by atoms with Gasteiger partial charge in [-0.1, -0.05) is 0 Å². The highest BCUT2D eigenvalue weighted by Gasteiger charge is 2.06. The van der Waals surface area contributed by atoms with Crippen molar-refractivity contribution in [1.29, 1.82) is 0 Å². The molecule has 0 saturated carbocycles. The topological polar surface area (TPSA) is 62.5 Å². The van der Waals surface area contributed by atoms with Crippen molar-refractivity contribution in [2.24, 2.45) is 0 Å². The first-order valence-corrected chi connectivity index (χ1v) is 4.79. The van der Waals surface area contributed by atoms with E-state index in [0.29, 0.717) is 17.6 Å². The second-order valence-electron chi connectivity index (χ2n) is 3.38. The quantitative estimate of drug-likeness (QED) is 0.839. The van der Waals surface area contributed by atoms with Crippen molar-refractivity contribution >= 4 is 17.1 Å². The van der Waals surface area contributed by atoms with Gasteiger partial charge in [0.1, 0.15) is 11.4 Å². The van der Waals surface area contributed by atoms with Crippen LogP contribution in [-0.4, -0.2) is 17.7 Å². The maximum absolute atomic E-state index is 13.5. The lowest BCUT2D eigenvalue weighted by molar-refractivity contribution is 0.194. The maximum Gasteiger partial charge on any atom is 0.404 e. The fraction of sp³-hybridized carbons (Fsp3) is 0.182. The average Bonchev–Trinajstić information content (AvgIpc) is 2.64. The maximum atomic E-state index is 13.5. The standard InChI is InChI=1S/C11H10FNO3/c12-9-6-10-8(2-4-16-10)5-7(9)1-3-13-11(14)15/h2,4-6,13H,1,3H2,(H,14,15). The highest BCUT2D eigenvalue weighted by atomic mass is 19.1. The number of nitrogens with one attached hydrogen (secondary N) is 1. The molecule has 0 aliphatic heterocycles. The normalized spacial score (nSPS) is 10.6. The number of amides is 1. The highest BCUT2D eigenvalue weighted by Crippen LogP contribution is 2.20. The van der Waals surface area contributed by atoms with Gasteiger partial charge in [0, 0.05) is 18.0 Å². The van der Waals surface area contributed by atoms with E-state index in [2.05, 4.69) is 5.32 Å². The molecular weight excluding hydrogens is 213 g/mol. The number of benzene rings is 1. The van der Waals surface area contributed by atoms with Crippen molar-refractivity contribution < 1.29 is 18.7 Å². The van der Waals surface area contributed by atoms with Gasteiger partial charge in [0.15, 0.2) is 0 Å². The molecule has 2 rings (SSSR count). The summed E-state index contributed by atoms with van der Waals surface area (Å²) in [6, 6.07) is 4.71. The second kappa shape index (κ2) is 4.22. The van der Waals surface area contributed by atoms with E-state index in [4.69, 9.17) is 9.52 Å². The molecule has 0 aliphatic rings. The Bertz CT molecular complexity index is 521. The molecule has 0 atom stereocenters. The van der Waals surface area contributed by atoms with E-state index in [9.17, 15) is 9.18 Å². The average molecular weight is 223 g/mol. The number of fused-ring (bicyclic) bond motifs is 1. The second-order valence-corrected chi connectivity index (χ2v) is 3.38. The van der Waals surface area contributed by atoms with Crippen molar-refractivity contribution in [3.8, 4) is 0 Å². The van der Waals surface area contributed by atoms with Crippen LogP contribution in [0.2, 0.25) is 0 Å². The van der Waals surface area contributed by atoms with Gasteiger partial charge in [-0.15, -0.1) is 0 Å². The van der Waals surface area contributed by atoms with Crippen LogP contribution < -0.4 is 5.32 Å². The van der Waals surface area contributed by atoms with Crippen molar-refractivity contribution in [3.63, 3.8) is 0 Å². The van der Waals surface area contributed by atoms with Crippen LogP contribution in [0.15, 0.2) is 28.9 Å². The van der Waals surface area contributed by atoms with E-state index in [1.807, 2.05) is 0 Å². The van der Waals surface area contributed by atoms with Crippen molar-refractivity contribution in [1.82, 2.24) is 5.32 Å². The first-order chi connectivity index (χ1) is 7.66. The van der Waals surface area contributed by atoms with Crippen LogP contribution in [0, 0.1) is 5.82 Å². The predicted molar refractivity (Wildman–Crippen MR) is 55.9 cm³/mol. The summed E-state index contributed by atoms with van der Waals surface area (Å²) in [6.45, 7) is 0.190. The Morgan fingerprint density at radius 2 is 2.31 bits per heavy atom. The van der Waals surface area contributed by atoms with Gasteiger partial charge < -0.3 is 14.8 Å². The van der Waals surface area contributed by atoms with Crippen LogP contribution >= 0.6 is 0 Å². The van der Waals surface area contributed by atoms with Crippen LogP contribution in [0.25, 0.3) is 11.0 Å². The summed E-state index contributed by atoms with van der Waals surface area (Å²) in [7, 11) is 0. The van der Waals surface area contributed by atoms with Crippen LogP contribution in [-0.2, 0) is 6.42 Å². The fourth-order valence-electron chi connectivity index (χ4n) is 1.53. The molecule has 0 spiro atoms. The molecule has 0 radical (unpaired) electrons. The Labute approximate surface area is 90.7 Å². The molecule has 0 bridgehead atoms. The van der Waals surface area contributed by atoms with Crippen LogP contribution in [0.4, 0.5) is 9.18 Å². The lowest BCUT2D eigenvalue weighted by Gasteiger charge is -2.03. The number of furan rings is 1. The third-order valence-corrected chi connectivity index (χ3v) is 2.29. The molecule has 0 saturated heterocycles. The van der Waals surface area contributed by atoms with Crippen molar-refractivity contribution in [2.45, 2.75) is 6.42 Å². The smallest absolute Gasteiger partial charge is 0.404 e. The lowest BCUT2D eigenvalue weighted by Crippen LogP contribution is -2.23. The number of rotatable bonds is 3. The van der Waals surface area contributed by atoms with E-state index in [-0.39, 0.29) is 12.4 Å². The molecule has 1 heterocycles. The molecule has 4 nitrogen and oxygen atoms in total. The number of carbonyl (C=O) groups is 1. The molecule has 0 aliphatic carbocycles. The summed E-state index contributed by atoms with van der Waals surface area (Å²) in [5, 5.41) is 11.4. The zero-order chi connectivity index (χ0) is 11.5. The largest absolute Gasteiger partial charge is 0.465 e. The van der Waals surface area contributed by atoms with E-state index in [1.54, 1.807) is 12.1 Å². The molecule has 0 fully saturated rings. The molecule has 2 N–H and O–H groups in total. The summed E-state index contributed by atoms with van der Waals surface area (Å²) in [6.07, 6.45) is 0.702. The first-order valence-electron chi connectivity index (χ1n) is 4.79. The van der Waals surface area contributed by atoms with E-state index >= 15 is 0 Å². The minimum absolute atomic E-state index is 0.190. The van der Waals surface area contributed by atoms with Crippen LogP contribution in [0.1, 0.15) is 5.56 Å². The molecule has 0 unspecified atom stereocenters. The molecule has 1 amide bonds.